The minimum absolute atomic E-state index is 0.0397. The van der Waals surface area contributed by atoms with Crippen molar-refractivity contribution in [3.8, 4) is 0 Å². The van der Waals surface area contributed by atoms with Crippen molar-refractivity contribution < 1.29 is 9.53 Å². The van der Waals surface area contributed by atoms with Crippen molar-refractivity contribution in [2.24, 2.45) is 0 Å². The maximum absolute atomic E-state index is 11.9. The van der Waals surface area contributed by atoms with E-state index in [1.54, 1.807) is 0 Å². The van der Waals surface area contributed by atoms with E-state index in [4.69, 9.17) is 4.74 Å². The molecule has 0 aromatic heterocycles. The van der Waals surface area contributed by atoms with E-state index >= 15 is 0 Å². The Morgan fingerprint density at radius 2 is 0.816 bits per heavy atom. The van der Waals surface area contributed by atoms with Crippen LogP contribution in [0.2, 0.25) is 0 Å². The van der Waals surface area contributed by atoms with Crippen molar-refractivity contribution >= 4 is 5.97 Å². The Hall–Kier alpha value is -2.09. The molecule has 0 rings (SSSR count). The summed E-state index contributed by atoms with van der Waals surface area (Å²) in [7, 11) is 0. The van der Waals surface area contributed by atoms with Crippen LogP contribution in [0.5, 0.6) is 0 Å². The zero-order chi connectivity index (χ0) is 27.6. The molecule has 216 valence electrons. The van der Waals surface area contributed by atoms with Crippen LogP contribution >= 0.6 is 0 Å². The van der Waals surface area contributed by atoms with Crippen LogP contribution in [0, 0.1) is 0 Å². The number of unbranched alkanes of at least 4 members (excludes halogenated alkanes) is 11. The van der Waals surface area contributed by atoms with E-state index in [0.717, 1.165) is 70.6 Å². The molecule has 0 saturated heterocycles. The molecule has 0 unspecified atom stereocenters. The molecule has 0 atom stereocenters. The fourth-order valence-electron chi connectivity index (χ4n) is 3.91. The summed E-state index contributed by atoms with van der Waals surface area (Å²) in [5.41, 5.74) is 0. The van der Waals surface area contributed by atoms with E-state index in [9.17, 15) is 4.79 Å². The van der Waals surface area contributed by atoms with Gasteiger partial charge in [-0.1, -0.05) is 112 Å². The second kappa shape index (κ2) is 32.9. The zero-order valence-electron chi connectivity index (χ0n) is 25.1. The third-order valence-corrected chi connectivity index (χ3v) is 6.32. The molecule has 0 aromatic rings. The van der Waals surface area contributed by atoms with Gasteiger partial charge >= 0.3 is 5.97 Å². The molecule has 0 fully saturated rings. The summed E-state index contributed by atoms with van der Waals surface area (Å²) in [6.45, 7) is 5.06. The fraction of sp³-hybridized carbons (Fsp3) is 0.639. The molecule has 2 nitrogen and oxygen atoms in total. The Morgan fingerprint density at radius 3 is 1.24 bits per heavy atom. The fourth-order valence-corrected chi connectivity index (χ4v) is 3.91. The Balaban J connectivity index is 3.43. The summed E-state index contributed by atoms with van der Waals surface area (Å²) in [6, 6.07) is 0. The van der Waals surface area contributed by atoms with E-state index in [-0.39, 0.29) is 5.97 Å². The van der Waals surface area contributed by atoms with E-state index in [0.29, 0.717) is 13.0 Å². The third-order valence-electron chi connectivity index (χ3n) is 6.32. The van der Waals surface area contributed by atoms with E-state index in [1.807, 2.05) is 0 Å². The summed E-state index contributed by atoms with van der Waals surface area (Å²) >= 11 is 0. The molecule has 0 spiro atoms. The SMILES string of the molecule is CCCCCC=CCC=CC/C=C\CCCCCOC(=O)CCCC/C=C\C/C=C\C/C=C\CCCCC. The lowest BCUT2D eigenvalue weighted by Crippen LogP contribution is -2.05. The van der Waals surface area contributed by atoms with Crippen molar-refractivity contribution in [1.29, 1.82) is 0 Å². The number of carbonyl (C=O) groups excluding carboxylic acids is 1. The number of hydrogen-bond donors (Lipinski definition) is 0. The average Bonchev–Trinajstić information content (AvgIpc) is 2.92. The monoisotopic (exact) mass is 524 g/mol. The molecule has 0 heterocycles. The quantitative estimate of drug-likeness (QED) is 0.0606. The van der Waals surface area contributed by atoms with Crippen LogP contribution in [0.1, 0.15) is 142 Å². The Bertz CT molecular complexity index is 663. The van der Waals surface area contributed by atoms with Crippen LogP contribution in [0.25, 0.3) is 0 Å². The molecule has 0 amide bonds. The van der Waals surface area contributed by atoms with Crippen molar-refractivity contribution in [3.05, 3.63) is 72.9 Å². The van der Waals surface area contributed by atoms with Crippen LogP contribution in [0.15, 0.2) is 72.9 Å². The van der Waals surface area contributed by atoms with Crippen LogP contribution in [-0.4, -0.2) is 12.6 Å². The zero-order valence-corrected chi connectivity index (χ0v) is 25.1. The van der Waals surface area contributed by atoms with Gasteiger partial charge in [-0.2, -0.15) is 0 Å². The Labute approximate surface area is 237 Å². The number of hydrogen-bond acceptors (Lipinski definition) is 2. The van der Waals surface area contributed by atoms with Crippen LogP contribution < -0.4 is 0 Å². The van der Waals surface area contributed by atoms with Crippen molar-refractivity contribution in [2.75, 3.05) is 6.61 Å². The second-order valence-corrected chi connectivity index (χ2v) is 10.1. The van der Waals surface area contributed by atoms with Gasteiger partial charge in [0.05, 0.1) is 6.61 Å². The van der Waals surface area contributed by atoms with Gasteiger partial charge in [0.1, 0.15) is 0 Å². The van der Waals surface area contributed by atoms with Gasteiger partial charge in [-0.15, -0.1) is 0 Å². The summed E-state index contributed by atoms with van der Waals surface area (Å²) in [6.07, 6.45) is 49.4. The molecule has 0 aliphatic carbocycles. The van der Waals surface area contributed by atoms with Gasteiger partial charge in [-0.3, -0.25) is 4.79 Å². The first-order valence-electron chi connectivity index (χ1n) is 15.9. The minimum Gasteiger partial charge on any atom is -0.466 e. The summed E-state index contributed by atoms with van der Waals surface area (Å²) < 4.78 is 5.38. The predicted octanol–water partition coefficient (Wildman–Crippen LogP) is 11.7. The Morgan fingerprint density at radius 1 is 0.447 bits per heavy atom. The van der Waals surface area contributed by atoms with Crippen molar-refractivity contribution in [1.82, 2.24) is 0 Å². The minimum atomic E-state index is -0.0397. The number of esters is 1. The molecule has 2 heteroatoms. The molecule has 0 aliphatic rings. The smallest absolute Gasteiger partial charge is 0.305 e. The molecule has 38 heavy (non-hydrogen) atoms. The number of carbonyl (C=O) groups is 1. The van der Waals surface area contributed by atoms with Gasteiger partial charge < -0.3 is 4.74 Å². The number of rotatable bonds is 27. The average molecular weight is 525 g/mol. The first-order chi connectivity index (χ1) is 18.8. The van der Waals surface area contributed by atoms with Crippen LogP contribution in [0.3, 0.4) is 0 Å². The topological polar surface area (TPSA) is 26.3 Å². The highest BCUT2D eigenvalue weighted by Crippen LogP contribution is 2.06. The largest absolute Gasteiger partial charge is 0.466 e. The van der Waals surface area contributed by atoms with Gasteiger partial charge in [0.2, 0.25) is 0 Å². The van der Waals surface area contributed by atoms with Gasteiger partial charge in [0.15, 0.2) is 0 Å². The maximum atomic E-state index is 11.9. The van der Waals surface area contributed by atoms with Gasteiger partial charge in [0, 0.05) is 6.42 Å². The predicted molar refractivity (Wildman–Crippen MR) is 169 cm³/mol. The highest BCUT2D eigenvalue weighted by molar-refractivity contribution is 5.69. The molecule has 0 aromatic carbocycles. The lowest BCUT2D eigenvalue weighted by Gasteiger charge is -2.04. The molecule has 0 saturated carbocycles. The van der Waals surface area contributed by atoms with Crippen molar-refractivity contribution in [2.45, 2.75) is 142 Å². The molecule has 0 aliphatic heterocycles. The highest BCUT2D eigenvalue weighted by atomic mass is 16.5. The lowest BCUT2D eigenvalue weighted by atomic mass is 10.1. The van der Waals surface area contributed by atoms with Crippen LogP contribution in [0.4, 0.5) is 0 Å². The summed E-state index contributed by atoms with van der Waals surface area (Å²) in [5.74, 6) is -0.0397. The van der Waals surface area contributed by atoms with Gasteiger partial charge in [-0.05, 0) is 96.3 Å². The molecule has 0 N–H and O–H groups in total. The van der Waals surface area contributed by atoms with Crippen LogP contribution in [-0.2, 0) is 9.53 Å². The molecular formula is C36H60O2. The first-order valence-corrected chi connectivity index (χ1v) is 15.9. The molecule has 0 radical (unpaired) electrons. The van der Waals surface area contributed by atoms with E-state index in [2.05, 4.69) is 86.8 Å². The van der Waals surface area contributed by atoms with Gasteiger partial charge in [0.25, 0.3) is 0 Å². The standard InChI is InChI=1S/C36H60O2/c1-3-5-7-9-11-13-15-17-19-21-23-25-27-29-31-33-35-38-36(37)34-32-30-28-26-24-22-20-18-16-14-12-10-8-6-4-2/h11-14,17-20,23-26H,3-10,15-16,21-22,27-35H2,1-2H3/b13-11?,14-12-,19-17?,20-18-,25-23-,26-24-. The second-order valence-electron chi connectivity index (χ2n) is 10.1. The van der Waals surface area contributed by atoms with E-state index < -0.39 is 0 Å². The Kier molecular flexibility index (Phi) is 31.1. The normalized spacial score (nSPS) is 12.6. The van der Waals surface area contributed by atoms with Gasteiger partial charge in [-0.25, -0.2) is 0 Å². The van der Waals surface area contributed by atoms with E-state index in [1.165, 1.54) is 51.4 Å². The summed E-state index contributed by atoms with van der Waals surface area (Å²) in [5, 5.41) is 0. The number of ether oxygens (including phenoxy) is 1. The molecule has 0 bridgehead atoms. The maximum Gasteiger partial charge on any atom is 0.305 e. The summed E-state index contributed by atoms with van der Waals surface area (Å²) in [4.78, 5) is 11.9. The highest BCUT2D eigenvalue weighted by Gasteiger charge is 2.01. The van der Waals surface area contributed by atoms with Crippen molar-refractivity contribution in [3.63, 3.8) is 0 Å². The lowest BCUT2D eigenvalue weighted by molar-refractivity contribution is -0.143. The molecular weight excluding hydrogens is 464 g/mol. The number of allylic oxidation sites excluding steroid dienone is 12. The first kappa shape index (κ1) is 35.9. The third kappa shape index (κ3) is 31.9.